The highest BCUT2D eigenvalue weighted by molar-refractivity contribution is 5.78. The molecule has 1 aromatic carbocycles. The van der Waals surface area contributed by atoms with Gasteiger partial charge in [0.1, 0.15) is 0 Å². The number of rotatable bonds is 4. The zero-order valence-corrected chi connectivity index (χ0v) is 11.4. The minimum absolute atomic E-state index is 0.940. The Morgan fingerprint density at radius 1 is 1.16 bits per heavy atom. The van der Waals surface area contributed by atoms with Crippen LogP contribution in [-0.2, 0) is 6.42 Å². The van der Waals surface area contributed by atoms with E-state index in [1.807, 2.05) is 12.3 Å². The summed E-state index contributed by atoms with van der Waals surface area (Å²) >= 11 is 0. The summed E-state index contributed by atoms with van der Waals surface area (Å²) in [5.41, 5.74) is 2.48. The molecule has 1 saturated heterocycles. The summed E-state index contributed by atoms with van der Waals surface area (Å²) < 4.78 is 0. The van der Waals surface area contributed by atoms with E-state index in [-0.39, 0.29) is 0 Å². The maximum absolute atomic E-state index is 4.54. The molecule has 0 unspecified atom stereocenters. The van der Waals surface area contributed by atoms with Crippen molar-refractivity contribution in [3.05, 3.63) is 42.1 Å². The second-order valence-corrected chi connectivity index (χ2v) is 5.62. The second-order valence-electron chi connectivity index (χ2n) is 5.62. The van der Waals surface area contributed by atoms with E-state index in [4.69, 9.17) is 0 Å². The molecule has 19 heavy (non-hydrogen) atoms. The van der Waals surface area contributed by atoms with E-state index in [1.165, 1.54) is 56.1 Å². The highest BCUT2D eigenvalue weighted by Crippen LogP contribution is 2.20. The molecule has 0 spiro atoms. The number of nitrogens with one attached hydrogen (secondary N) is 1. The first-order valence-corrected chi connectivity index (χ1v) is 7.46. The summed E-state index contributed by atoms with van der Waals surface area (Å²) in [5.74, 6) is 0.940. The largest absolute Gasteiger partial charge is 0.317 e. The van der Waals surface area contributed by atoms with E-state index in [2.05, 4.69) is 34.6 Å². The van der Waals surface area contributed by atoms with Crippen molar-refractivity contribution >= 4 is 10.9 Å². The molecule has 0 radical (unpaired) electrons. The number of hydrogen-bond acceptors (Lipinski definition) is 2. The molecule has 1 aliphatic heterocycles. The topological polar surface area (TPSA) is 24.9 Å². The van der Waals surface area contributed by atoms with Crippen LogP contribution in [0.2, 0.25) is 0 Å². The molecule has 0 bridgehead atoms. The molecule has 1 N–H and O–H groups in total. The molecule has 0 atom stereocenters. The van der Waals surface area contributed by atoms with Crippen LogP contribution in [0.5, 0.6) is 0 Å². The van der Waals surface area contributed by atoms with Gasteiger partial charge in [0.25, 0.3) is 0 Å². The maximum atomic E-state index is 4.54. The predicted octanol–water partition coefficient (Wildman–Crippen LogP) is 3.56. The van der Waals surface area contributed by atoms with Gasteiger partial charge in [-0.05, 0) is 62.4 Å². The van der Waals surface area contributed by atoms with Crippen LogP contribution >= 0.6 is 0 Å². The molecule has 0 aliphatic carbocycles. The summed E-state index contributed by atoms with van der Waals surface area (Å²) in [6.07, 6.45) is 8.59. The first kappa shape index (κ1) is 12.6. The number of pyridine rings is 1. The SMILES string of the molecule is c1ccc2ncc(CCCC3CCNCC3)cc2c1. The molecule has 2 nitrogen and oxygen atoms in total. The third-order valence-electron chi connectivity index (χ3n) is 4.18. The molecule has 0 saturated carbocycles. The van der Waals surface area contributed by atoms with Crippen molar-refractivity contribution in [1.29, 1.82) is 0 Å². The van der Waals surface area contributed by atoms with Gasteiger partial charge in [0.2, 0.25) is 0 Å². The van der Waals surface area contributed by atoms with Gasteiger partial charge < -0.3 is 5.32 Å². The Hall–Kier alpha value is -1.41. The van der Waals surface area contributed by atoms with Crippen LogP contribution in [-0.4, -0.2) is 18.1 Å². The molecule has 1 aromatic heterocycles. The Kier molecular flexibility index (Phi) is 4.09. The number of aryl methyl sites for hydroxylation is 1. The molecule has 100 valence electrons. The molecule has 0 amide bonds. The average molecular weight is 254 g/mol. The quantitative estimate of drug-likeness (QED) is 0.902. The van der Waals surface area contributed by atoms with Gasteiger partial charge in [0, 0.05) is 11.6 Å². The Labute approximate surface area is 115 Å². The zero-order chi connectivity index (χ0) is 12.9. The van der Waals surface area contributed by atoms with Gasteiger partial charge in [-0.25, -0.2) is 0 Å². The number of nitrogens with zero attached hydrogens (tertiary/aromatic N) is 1. The van der Waals surface area contributed by atoms with E-state index in [1.54, 1.807) is 0 Å². The first-order valence-electron chi connectivity index (χ1n) is 7.46. The van der Waals surface area contributed by atoms with Crippen molar-refractivity contribution in [3.8, 4) is 0 Å². The minimum Gasteiger partial charge on any atom is -0.317 e. The van der Waals surface area contributed by atoms with Crippen LogP contribution in [0.1, 0.15) is 31.2 Å². The van der Waals surface area contributed by atoms with Crippen LogP contribution in [0.25, 0.3) is 10.9 Å². The van der Waals surface area contributed by atoms with E-state index < -0.39 is 0 Å². The van der Waals surface area contributed by atoms with Crippen LogP contribution in [0.15, 0.2) is 36.5 Å². The normalized spacial score (nSPS) is 16.8. The molecule has 1 aliphatic rings. The fraction of sp³-hybridized carbons (Fsp3) is 0.471. The number of hydrogen-bond donors (Lipinski definition) is 1. The summed E-state index contributed by atoms with van der Waals surface area (Å²) in [6, 6.07) is 10.7. The molecule has 2 heteroatoms. The Morgan fingerprint density at radius 2 is 2.00 bits per heavy atom. The van der Waals surface area contributed by atoms with E-state index >= 15 is 0 Å². The predicted molar refractivity (Wildman–Crippen MR) is 80.3 cm³/mol. The molecular formula is C17H22N2. The number of piperidine rings is 1. The first-order chi connectivity index (χ1) is 9.42. The number of benzene rings is 1. The van der Waals surface area contributed by atoms with Crippen molar-refractivity contribution in [2.24, 2.45) is 5.92 Å². The summed E-state index contributed by atoms with van der Waals surface area (Å²) in [7, 11) is 0. The van der Waals surface area contributed by atoms with Gasteiger partial charge in [-0.2, -0.15) is 0 Å². The third-order valence-corrected chi connectivity index (χ3v) is 4.18. The van der Waals surface area contributed by atoms with Crippen LogP contribution in [0.4, 0.5) is 0 Å². The Balaban J connectivity index is 1.56. The van der Waals surface area contributed by atoms with E-state index in [0.29, 0.717) is 0 Å². The van der Waals surface area contributed by atoms with Gasteiger partial charge >= 0.3 is 0 Å². The number of aromatic nitrogens is 1. The summed E-state index contributed by atoms with van der Waals surface area (Å²) in [4.78, 5) is 4.54. The van der Waals surface area contributed by atoms with Gasteiger partial charge in [-0.15, -0.1) is 0 Å². The van der Waals surface area contributed by atoms with Gasteiger partial charge in [0.15, 0.2) is 0 Å². The van der Waals surface area contributed by atoms with Crippen LogP contribution in [0, 0.1) is 5.92 Å². The lowest BCUT2D eigenvalue weighted by molar-refractivity contribution is 0.347. The standard InChI is InChI=1S/C17H22N2/c1-2-7-17-16(6-1)12-15(13-19-17)5-3-4-14-8-10-18-11-9-14/h1-2,6-7,12-14,18H,3-5,8-11H2. The van der Waals surface area contributed by atoms with Gasteiger partial charge in [-0.3, -0.25) is 4.98 Å². The van der Waals surface area contributed by atoms with Crippen molar-refractivity contribution in [2.75, 3.05) is 13.1 Å². The monoisotopic (exact) mass is 254 g/mol. The van der Waals surface area contributed by atoms with E-state index in [0.717, 1.165) is 11.4 Å². The molecule has 1 fully saturated rings. The lowest BCUT2D eigenvalue weighted by Gasteiger charge is -2.22. The second kappa shape index (κ2) is 6.16. The van der Waals surface area contributed by atoms with Crippen molar-refractivity contribution in [1.82, 2.24) is 10.3 Å². The molecular weight excluding hydrogens is 232 g/mol. The van der Waals surface area contributed by atoms with E-state index in [9.17, 15) is 0 Å². The fourth-order valence-corrected chi connectivity index (χ4v) is 3.02. The number of para-hydroxylation sites is 1. The van der Waals surface area contributed by atoms with Crippen LogP contribution in [0.3, 0.4) is 0 Å². The summed E-state index contributed by atoms with van der Waals surface area (Å²) in [6.45, 7) is 2.42. The fourth-order valence-electron chi connectivity index (χ4n) is 3.02. The maximum Gasteiger partial charge on any atom is 0.0702 e. The number of fused-ring (bicyclic) bond motifs is 1. The zero-order valence-electron chi connectivity index (χ0n) is 11.4. The van der Waals surface area contributed by atoms with Crippen molar-refractivity contribution < 1.29 is 0 Å². The summed E-state index contributed by atoms with van der Waals surface area (Å²) in [5, 5.41) is 4.70. The smallest absolute Gasteiger partial charge is 0.0702 e. The highest BCUT2D eigenvalue weighted by Gasteiger charge is 2.12. The molecule has 2 aromatic rings. The van der Waals surface area contributed by atoms with Crippen molar-refractivity contribution in [2.45, 2.75) is 32.1 Å². The Bertz CT molecular complexity index is 530. The lowest BCUT2D eigenvalue weighted by atomic mass is 9.92. The third kappa shape index (κ3) is 3.32. The Morgan fingerprint density at radius 3 is 2.89 bits per heavy atom. The average Bonchev–Trinajstić information content (AvgIpc) is 2.48. The molecule has 2 heterocycles. The van der Waals surface area contributed by atoms with Gasteiger partial charge in [0.05, 0.1) is 5.52 Å². The highest BCUT2D eigenvalue weighted by atomic mass is 14.9. The van der Waals surface area contributed by atoms with Crippen LogP contribution < -0.4 is 5.32 Å². The minimum atomic E-state index is 0.940. The van der Waals surface area contributed by atoms with Gasteiger partial charge in [-0.1, -0.05) is 24.6 Å². The van der Waals surface area contributed by atoms with Crippen molar-refractivity contribution in [3.63, 3.8) is 0 Å². The molecule has 3 rings (SSSR count). The lowest BCUT2D eigenvalue weighted by Crippen LogP contribution is -2.27.